The lowest BCUT2D eigenvalue weighted by atomic mass is 9.84. The van der Waals surface area contributed by atoms with Crippen molar-refractivity contribution in [2.24, 2.45) is 0 Å². The Kier molecular flexibility index (Phi) is 3.47. The maximum atomic E-state index is 13.6. The summed E-state index contributed by atoms with van der Waals surface area (Å²) in [7, 11) is 3.47. The normalized spacial score (nSPS) is 19.9. The van der Waals surface area contributed by atoms with E-state index in [1.165, 1.54) is 12.1 Å². The van der Waals surface area contributed by atoms with Crippen molar-refractivity contribution in [2.45, 2.75) is 25.4 Å². The van der Waals surface area contributed by atoms with Crippen molar-refractivity contribution in [3.63, 3.8) is 0 Å². The van der Waals surface area contributed by atoms with E-state index in [1.54, 1.807) is 25.1 Å². The van der Waals surface area contributed by atoms with Crippen LogP contribution in [0.3, 0.4) is 0 Å². The molecule has 1 aromatic heterocycles. The topological polar surface area (TPSA) is 67.5 Å². The fourth-order valence-electron chi connectivity index (χ4n) is 4.20. The second-order valence-corrected chi connectivity index (χ2v) is 7.68. The molecule has 0 radical (unpaired) electrons. The van der Waals surface area contributed by atoms with E-state index in [-0.39, 0.29) is 11.7 Å². The molecule has 144 valence electrons. The molecule has 2 aliphatic heterocycles. The second kappa shape index (κ2) is 5.70. The van der Waals surface area contributed by atoms with Crippen LogP contribution in [0.15, 0.2) is 24.3 Å². The van der Waals surface area contributed by atoms with Crippen LogP contribution >= 0.6 is 0 Å². The van der Waals surface area contributed by atoms with Gasteiger partial charge in [-0.05, 0) is 38.0 Å². The Bertz CT molecular complexity index is 1140. The van der Waals surface area contributed by atoms with Gasteiger partial charge in [0.2, 0.25) is 0 Å². The van der Waals surface area contributed by atoms with Gasteiger partial charge in [-0.15, -0.1) is 0 Å². The quantitative estimate of drug-likeness (QED) is 0.702. The van der Waals surface area contributed by atoms with Gasteiger partial charge in [0.1, 0.15) is 29.5 Å². The highest BCUT2D eigenvalue weighted by molar-refractivity contribution is 6.01. The number of benzene rings is 2. The average Bonchev–Trinajstić information content (AvgIpc) is 3.20. The molecule has 1 unspecified atom stereocenters. The van der Waals surface area contributed by atoms with Crippen LogP contribution in [0, 0.1) is 12.7 Å². The van der Waals surface area contributed by atoms with Crippen LogP contribution in [0.4, 0.5) is 4.39 Å². The van der Waals surface area contributed by atoms with E-state index in [0.29, 0.717) is 42.0 Å². The molecule has 6 nitrogen and oxygen atoms in total. The summed E-state index contributed by atoms with van der Waals surface area (Å²) in [5, 5.41) is 0. The number of fused-ring (bicyclic) bond motifs is 5. The monoisotopic (exact) mass is 381 g/mol. The lowest BCUT2D eigenvalue weighted by molar-refractivity contribution is 0.0238. The summed E-state index contributed by atoms with van der Waals surface area (Å²) in [4.78, 5) is 22.1. The van der Waals surface area contributed by atoms with Gasteiger partial charge in [-0.1, -0.05) is 0 Å². The maximum Gasteiger partial charge on any atom is 0.253 e. The summed E-state index contributed by atoms with van der Waals surface area (Å²) in [6.45, 7) is 2.18. The Morgan fingerprint density at radius 2 is 2.14 bits per heavy atom. The van der Waals surface area contributed by atoms with Crippen LogP contribution < -0.4 is 9.47 Å². The number of carbonyl (C=O) groups excluding carboxylic acids is 1. The first-order valence-electron chi connectivity index (χ1n) is 9.24. The third-order valence-corrected chi connectivity index (χ3v) is 5.56. The molecule has 1 amide bonds. The van der Waals surface area contributed by atoms with Crippen molar-refractivity contribution >= 4 is 16.9 Å². The molecule has 0 saturated carbocycles. The number of ether oxygens (including phenoxy) is 2. The van der Waals surface area contributed by atoms with Crippen molar-refractivity contribution in [1.29, 1.82) is 0 Å². The summed E-state index contributed by atoms with van der Waals surface area (Å²) >= 11 is 0. The molecule has 0 saturated heterocycles. The van der Waals surface area contributed by atoms with E-state index in [9.17, 15) is 9.18 Å². The zero-order chi connectivity index (χ0) is 19.6. The van der Waals surface area contributed by atoms with Gasteiger partial charge in [0.25, 0.3) is 5.91 Å². The number of carbonyl (C=O) groups is 1. The molecule has 28 heavy (non-hydrogen) atoms. The average molecular weight is 381 g/mol. The van der Waals surface area contributed by atoms with Crippen LogP contribution in [0.2, 0.25) is 0 Å². The summed E-state index contributed by atoms with van der Waals surface area (Å²) in [6.07, 6.45) is 1.29. The van der Waals surface area contributed by atoms with Crippen molar-refractivity contribution in [1.82, 2.24) is 14.9 Å². The molecule has 1 N–H and O–H groups in total. The Morgan fingerprint density at radius 3 is 2.93 bits per heavy atom. The Balaban J connectivity index is 1.70. The Hall–Kier alpha value is -3.09. The van der Waals surface area contributed by atoms with Gasteiger partial charge >= 0.3 is 0 Å². The number of aromatic amines is 1. The minimum atomic E-state index is -0.699. The smallest absolute Gasteiger partial charge is 0.253 e. The standard InChI is InChI=1S/C21H20FN3O3/c1-11-23-16-9-14(20(26)25(2)3)13-6-7-21(28-19(13)18(16)24-11)10-27-17-8-12(22)4-5-15(17)21/h4-5,8-9H,6-7,10H2,1-3H3,(H,23,24). The van der Waals surface area contributed by atoms with Crippen molar-refractivity contribution in [3.8, 4) is 11.5 Å². The van der Waals surface area contributed by atoms with E-state index in [1.807, 2.05) is 13.0 Å². The molecular weight excluding hydrogens is 361 g/mol. The van der Waals surface area contributed by atoms with Crippen LogP contribution in [0.25, 0.3) is 11.0 Å². The molecule has 3 aromatic rings. The first-order valence-corrected chi connectivity index (χ1v) is 9.24. The van der Waals surface area contributed by atoms with Crippen LogP contribution in [0.1, 0.15) is 33.7 Å². The fourth-order valence-corrected chi connectivity index (χ4v) is 4.20. The first-order chi connectivity index (χ1) is 13.4. The number of nitrogens with one attached hydrogen (secondary N) is 1. The van der Waals surface area contributed by atoms with E-state index in [2.05, 4.69) is 9.97 Å². The van der Waals surface area contributed by atoms with Crippen molar-refractivity contribution < 1.29 is 18.7 Å². The number of rotatable bonds is 1. The highest BCUT2D eigenvalue weighted by Gasteiger charge is 2.47. The van der Waals surface area contributed by atoms with Crippen molar-refractivity contribution in [2.75, 3.05) is 20.7 Å². The van der Waals surface area contributed by atoms with E-state index < -0.39 is 5.60 Å². The van der Waals surface area contributed by atoms with Crippen LogP contribution in [-0.4, -0.2) is 41.5 Å². The summed E-state index contributed by atoms with van der Waals surface area (Å²) in [5.41, 5.74) is 3.08. The van der Waals surface area contributed by atoms with Crippen molar-refractivity contribution in [3.05, 3.63) is 52.6 Å². The number of aromatic nitrogens is 2. The molecule has 0 aliphatic carbocycles. The molecule has 3 heterocycles. The fraction of sp³-hybridized carbons (Fsp3) is 0.333. The molecule has 2 aliphatic rings. The largest absolute Gasteiger partial charge is 0.488 e. The third-order valence-electron chi connectivity index (χ3n) is 5.56. The van der Waals surface area contributed by atoms with Gasteiger partial charge in [-0.3, -0.25) is 4.79 Å². The highest BCUT2D eigenvalue weighted by Crippen LogP contribution is 2.49. The zero-order valence-electron chi connectivity index (χ0n) is 15.9. The van der Waals surface area contributed by atoms with Gasteiger partial charge in [-0.2, -0.15) is 0 Å². The molecule has 0 bridgehead atoms. The van der Waals surface area contributed by atoms with E-state index in [0.717, 1.165) is 22.5 Å². The predicted molar refractivity (Wildman–Crippen MR) is 101 cm³/mol. The zero-order valence-corrected chi connectivity index (χ0v) is 15.9. The minimum absolute atomic E-state index is 0.0740. The number of hydrogen-bond donors (Lipinski definition) is 1. The Labute approximate surface area is 161 Å². The van der Waals surface area contributed by atoms with Gasteiger partial charge < -0.3 is 19.4 Å². The molecular formula is C21H20FN3O3. The SMILES string of the molecule is Cc1nc2c3c(c(C(=O)N(C)C)cc2[nH]1)CCC1(COc2cc(F)ccc21)O3. The van der Waals surface area contributed by atoms with Gasteiger partial charge in [0, 0.05) is 36.9 Å². The molecule has 2 aromatic carbocycles. The van der Waals surface area contributed by atoms with Gasteiger partial charge in [-0.25, -0.2) is 9.37 Å². The van der Waals surface area contributed by atoms with Crippen LogP contribution in [-0.2, 0) is 12.0 Å². The maximum absolute atomic E-state index is 13.6. The molecule has 7 heteroatoms. The summed E-state index contributed by atoms with van der Waals surface area (Å²) in [5.74, 6) is 1.46. The van der Waals surface area contributed by atoms with Crippen LogP contribution in [0.5, 0.6) is 11.5 Å². The molecule has 1 spiro atoms. The lowest BCUT2D eigenvalue weighted by Crippen LogP contribution is -2.39. The number of halogens is 1. The first kappa shape index (κ1) is 17.0. The summed E-state index contributed by atoms with van der Waals surface area (Å²) < 4.78 is 25.9. The molecule has 5 rings (SSSR count). The lowest BCUT2D eigenvalue weighted by Gasteiger charge is -2.35. The highest BCUT2D eigenvalue weighted by atomic mass is 19.1. The number of H-pyrrole nitrogens is 1. The van der Waals surface area contributed by atoms with E-state index in [4.69, 9.17) is 9.47 Å². The number of hydrogen-bond acceptors (Lipinski definition) is 4. The third kappa shape index (κ3) is 2.32. The predicted octanol–water partition coefficient (Wildman–Crippen LogP) is 3.33. The van der Waals surface area contributed by atoms with Gasteiger partial charge in [0.15, 0.2) is 11.4 Å². The second-order valence-electron chi connectivity index (χ2n) is 7.68. The van der Waals surface area contributed by atoms with E-state index >= 15 is 0 Å². The Morgan fingerprint density at radius 1 is 1.32 bits per heavy atom. The number of aryl methyl sites for hydroxylation is 1. The minimum Gasteiger partial charge on any atom is -0.488 e. The van der Waals surface area contributed by atoms with Gasteiger partial charge in [0.05, 0.1) is 5.52 Å². The number of nitrogens with zero attached hydrogens (tertiary/aromatic N) is 2. The molecule has 0 fully saturated rings. The number of imidazole rings is 1. The summed E-state index contributed by atoms with van der Waals surface area (Å²) in [6, 6.07) is 6.40. The number of amides is 1. The molecule has 1 atom stereocenters.